The number of azo groups is 1. The minimum atomic E-state index is -0.483. The third-order valence-corrected chi connectivity index (χ3v) is 3.66. The van der Waals surface area contributed by atoms with Gasteiger partial charge >= 0.3 is 0 Å². The zero-order valence-corrected chi connectivity index (χ0v) is 13.9. The number of anilines is 1. The molecule has 0 radical (unpaired) electrons. The van der Waals surface area contributed by atoms with Gasteiger partial charge in [0.1, 0.15) is 0 Å². The van der Waals surface area contributed by atoms with Gasteiger partial charge in [-0.1, -0.05) is 11.6 Å². The summed E-state index contributed by atoms with van der Waals surface area (Å²) in [5, 5.41) is 32.1. The molecule has 0 amide bonds. The molecule has 0 spiro atoms. The van der Waals surface area contributed by atoms with Gasteiger partial charge in [0.05, 0.1) is 10.4 Å². The molecule has 0 saturated heterocycles. The zero-order chi connectivity index (χ0) is 18.0. The minimum absolute atomic E-state index is 0.0165. The van der Waals surface area contributed by atoms with Crippen molar-refractivity contribution in [1.29, 1.82) is 0 Å². The van der Waals surface area contributed by atoms with Crippen molar-refractivity contribution in [3.63, 3.8) is 0 Å². The molecule has 25 heavy (non-hydrogen) atoms. The van der Waals surface area contributed by atoms with Crippen LogP contribution in [0, 0.1) is 17.0 Å². The van der Waals surface area contributed by atoms with E-state index in [-0.39, 0.29) is 16.7 Å². The van der Waals surface area contributed by atoms with Gasteiger partial charge in [0, 0.05) is 23.2 Å². The summed E-state index contributed by atoms with van der Waals surface area (Å²) in [5.41, 5.74) is 2.60. The van der Waals surface area contributed by atoms with Gasteiger partial charge in [0.25, 0.3) is 5.69 Å². The van der Waals surface area contributed by atoms with Crippen LogP contribution in [-0.2, 0) is 0 Å². The first-order valence-corrected chi connectivity index (χ1v) is 7.63. The summed E-state index contributed by atoms with van der Waals surface area (Å²) >= 11 is 5.09. The molecule has 1 aromatic heterocycles. The van der Waals surface area contributed by atoms with Crippen molar-refractivity contribution in [3.8, 4) is 5.88 Å². The summed E-state index contributed by atoms with van der Waals surface area (Å²) in [6.45, 7) is 1.94. The van der Waals surface area contributed by atoms with E-state index in [1.54, 1.807) is 0 Å². The number of nitro groups is 1. The molecule has 8 nitrogen and oxygen atoms in total. The Labute approximate surface area is 147 Å². The first-order chi connectivity index (χ1) is 11.9. The van der Waals surface area contributed by atoms with Crippen LogP contribution in [0.15, 0.2) is 52.7 Å². The third kappa shape index (κ3) is 3.61. The largest absolute Gasteiger partial charge is 0.493 e. The van der Waals surface area contributed by atoms with Gasteiger partial charge in [-0.25, -0.2) is 0 Å². The Morgan fingerprint density at radius 3 is 2.68 bits per heavy atom. The molecule has 0 aliphatic carbocycles. The topological polar surface area (TPSA) is 116 Å². The number of non-ortho nitro benzene ring substituents is 1. The zero-order valence-electron chi connectivity index (χ0n) is 13.1. The molecule has 3 rings (SSSR count). The number of thiocarbonyl (C=S) groups is 1. The molecule has 2 aromatic carbocycles. The van der Waals surface area contributed by atoms with Crippen LogP contribution in [-0.4, -0.2) is 20.1 Å². The Morgan fingerprint density at radius 2 is 2.00 bits per heavy atom. The number of aryl methyl sites for hydroxylation is 1. The Hall–Kier alpha value is -3.33. The Kier molecular flexibility index (Phi) is 4.40. The van der Waals surface area contributed by atoms with Crippen LogP contribution in [0.2, 0.25) is 0 Å². The maximum absolute atomic E-state index is 10.6. The van der Waals surface area contributed by atoms with Gasteiger partial charge < -0.3 is 15.4 Å². The molecule has 0 aliphatic heterocycles. The maximum Gasteiger partial charge on any atom is 0.269 e. The summed E-state index contributed by atoms with van der Waals surface area (Å²) in [5.74, 6) is -0.0949. The number of rotatable bonds is 3. The van der Waals surface area contributed by atoms with E-state index < -0.39 is 4.92 Å². The highest BCUT2D eigenvalue weighted by molar-refractivity contribution is 7.80. The van der Waals surface area contributed by atoms with E-state index in [0.29, 0.717) is 11.4 Å². The summed E-state index contributed by atoms with van der Waals surface area (Å²) < 4.78 is 0. The summed E-state index contributed by atoms with van der Waals surface area (Å²) in [7, 11) is 0. The molecule has 126 valence electrons. The van der Waals surface area contributed by atoms with Crippen LogP contribution in [0.4, 0.5) is 17.1 Å². The number of nitrogens with one attached hydrogen (secondary N) is 2. The summed E-state index contributed by atoms with van der Waals surface area (Å²) in [6, 6.07) is 11.4. The van der Waals surface area contributed by atoms with Crippen molar-refractivity contribution >= 4 is 45.3 Å². The number of nitro benzene ring substituents is 1. The number of aromatic nitrogens is 1. The monoisotopic (exact) mass is 355 g/mol. The standard InChI is InChI=1S/C16H13N5O3S/c1-9-2-7-13-12(8-9)14(15(22)18-13)19-20-16(25)17-10-3-5-11(6-4-10)21(23)24/h2-8,18,22H,1H3,(H,17,25). The highest BCUT2D eigenvalue weighted by Crippen LogP contribution is 2.35. The fraction of sp³-hybridized carbons (Fsp3) is 0.0625. The van der Waals surface area contributed by atoms with E-state index in [2.05, 4.69) is 20.5 Å². The first kappa shape index (κ1) is 16.5. The van der Waals surface area contributed by atoms with Crippen LogP contribution in [0.25, 0.3) is 10.9 Å². The fourth-order valence-electron chi connectivity index (χ4n) is 2.29. The Balaban J connectivity index is 1.77. The quantitative estimate of drug-likeness (QED) is 0.275. The van der Waals surface area contributed by atoms with Crippen LogP contribution in [0.3, 0.4) is 0 Å². The van der Waals surface area contributed by atoms with Crippen molar-refractivity contribution in [1.82, 2.24) is 4.98 Å². The van der Waals surface area contributed by atoms with Crippen LogP contribution in [0.5, 0.6) is 5.88 Å². The third-order valence-electron chi connectivity index (χ3n) is 3.48. The van der Waals surface area contributed by atoms with Crippen LogP contribution >= 0.6 is 12.2 Å². The van der Waals surface area contributed by atoms with Crippen molar-refractivity contribution in [2.75, 3.05) is 5.32 Å². The van der Waals surface area contributed by atoms with Crippen molar-refractivity contribution in [2.45, 2.75) is 6.92 Å². The number of aromatic hydroxyl groups is 1. The van der Waals surface area contributed by atoms with Gasteiger partial charge in [0.2, 0.25) is 11.0 Å². The van der Waals surface area contributed by atoms with Crippen molar-refractivity contribution in [3.05, 3.63) is 58.1 Å². The lowest BCUT2D eigenvalue weighted by molar-refractivity contribution is -0.384. The number of aromatic amines is 1. The fourth-order valence-corrected chi connectivity index (χ4v) is 2.45. The predicted octanol–water partition coefficient (Wildman–Crippen LogP) is 4.57. The van der Waals surface area contributed by atoms with E-state index in [4.69, 9.17) is 12.2 Å². The molecular weight excluding hydrogens is 342 g/mol. The molecule has 0 aliphatic rings. The van der Waals surface area contributed by atoms with Crippen LogP contribution < -0.4 is 5.32 Å². The summed E-state index contributed by atoms with van der Waals surface area (Å²) in [6.07, 6.45) is 0. The number of hydrogen-bond acceptors (Lipinski definition) is 5. The second-order valence-electron chi connectivity index (χ2n) is 5.31. The molecule has 9 heteroatoms. The average molecular weight is 355 g/mol. The second kappa shape index (κ2) is 6.65. The molecular formula is C16H13N5O3S. The molecule has 1 heterocycles. The second-order valence-corrected chi connectivity index (χ2v) is 5.69. The van der Waals surface area contributed by atoms with E-state index >= 15 is 0 Å². The van der Waals surface area contributed by atoms with E-state index in [0.717, 1.165) is 16.5 Å². The molecule has 3 N–H and O–H groups in total. The number of hydrogen-bond donors (Lipinski definition) is 3. The molecule has 0 unspecified atom stereocenters. The minimum Gasteiger partial charge on any atom is -0.493 e. The van der Waals surface area contributed by atoms with Gasteiger partial charge in [-0.05, 0) is 43.4 Å². The highest BCUT2D eigenvalue weighted by atomic mass is 32.1. The van der Waals surface area contributed by atoms with E-state index in [9.17, 15) is 15.2 Å². The van der Waals surface area contributed by atoms with E-state index in [1.807, 2.05) is 25.1 Å². The lowest BCUT2D eigenvalue weighted by Crippen LogP contribution is -2.04. The average Bonchev–Trinajstić information content (AvgIpc) is 2.88. The summed E-state index contributed by atoms with van der Waals surface area (Å²) in [4.78, 5) is 13.0. The molecule has 0 fully saturated rings. The molecule has 3 aromatic rings. The lowest BCUT2D eigenvalue weighted by atomic mass is 10.2. The van der Waals surface area contributed by atoms with Crippen LogP contribution in [0.1, 0.15) is 5.56 Å². The molecule has 0 atom stereocenters. The number of fused-ring (bicyclic) bond motifs is 1. The normalized spacial score (nSPS) is 11.1. The van der Waals surface area contributed by atoms with Gasteiger partial charge in [-0.2, -0.15) is 0 Å². The van der Waals surface area contributed by atoms with E-state index in [1.165, 1.54) is 24.3 Å². The Bertz CT molecular complexity index is 995. The SMILES string of the molecule is Cc1ccc2[nH]c(O)c(N=NC(=S)Nc3ccc([N+](=O)[O-])cc3)c2c1. The number of nitrogens with zero attached hydrogens (tertiary/aromatic N) is 3. The van der Waals surface area contributed by atoms with Gasteiger partial charge in [-0.3, -0.25) is 10.1 Å². The molecule has 0 bridgehead atoms. The maximum atomic E-state index is 10.6. The predicted molar refractivity (Wildman–Crippen MR) is 98.5 cm³/mol. The van der Waals surface area contributed by atoms with Gasteiger partial charge in [-0.15, -0.1) is 10.2 Å². The smallest absolute Gasteiger partial charge is 0.269 e. The van der Waals surface area contributed by atoms with Crippen molar-refractivity contribution in [2.24, 2.45) is 10.2 Å². The Morgan fingerprint density at radius 1 is 1.28 bits per heavy atom. The highest BCUT2D eigenvalue weighted by Gasteiger charge is 2.11. The first-order valence-electron chi connectivity index (χ1n) is 7.22. The van der Waals surface area contributed by atoms with Crippen molar-refractivity contribution < 1.29 is 10.0 Å². The number of H-pyrrole nitrogens is 1. The van der Waals surface area contributed by atoms with Gasteiger partial charge in [0.15, 0.2) is 5.69 Å². The number of benzene rings is 2. The molecule has 0 saturated carbocycles. The lowest BCUT2D eigenvalue weighted by Gasteiger charge is -2.02.